The molecule has 0 radical (unpaired) electrons. The van der Waals surface area contributed by atoms with Crippen molar-refractivity contribution < 1.29 is 19.1 Å². The highest BCUT2D eigenvalue weighted by Gasteiger charge is 2.13. The van der Waals surface area contributed by atoms with Crippen LogP contribution < -0.4 is 15.4 Å². The fourth-order valence-electron chi connectivity index (χ4n) is 2.11. The lowest BCUT2D eigenvalue weighted by Gasteiger charge is -2.11. The highest BCUT2D eigenvalue weighted by Crippen LogP contribution is 2.28. The number of methoxy groups -OCH3 is 1. The molecule has 0 fully saturated rings. The Bertz CT molecular complexity index is 804. The summed E-state index contributed by atoms with van der Waals surface area (Å²) < 4.78 is 5.69. The lowest BCUT2D eigenvalue weighted by Crippen LogP contribution is -2.14. The number of thiophene rings is 1. The van der Waals surface area contributed by atoms with Gasteiger partial charge in [0.2, 0.25) is 11.8 Å². The van der Waals surface area contributed by atoms with Gasteiger partial charge in [-0.15, -0.1) is 11.3 Å². The summed E-state index contributed by atoms with van der Waals surface area (Å²) in [6.45, 7) is 1.38. The molecule has 2 amide bonds. The highest BCUT2D eigenvalue weighted by atomic mass is 35.5. The Morgan fingerprint density at radius 3 is 2.48 bits per heavy atom. The molecule has 1 aromatic carbocycles. The van der Waals surface area contributed by atoms with Gasteiger partial charge in [0, 0.05) is 25.5 Å². The molecule has 2 aromatic rings. The van der Waals surface area contributed by atoms with E-state index in [0.29, 0.717) is 26.3 Å². The normalized spacial score (nSPS) is 10.2. The molecule has 0 saturated heterocycles. The van der Waals surface area contributed by atoms with Gasteiger partial charge >= 0.3 is 0 Å². The summed E-state index contributed by atoms with van der Waals surface area (Å²) in [5.41, 5.74) is 0.957. The third-order valence-electron chi connectivity index (χ3n) is 3.22. The van der Waals surface area contributed by atoms with Crippen LogP contribution >= 0.6 is 22.9 Å². The van der Waals surface area contributed by atoms with Gasteiger partial charge in [0.1, 0.15) is 5.75 Å². The minimum absolute atomic E-state index is 0.0514. The monoisotopic (exact) mass is 380 g/mol. The molecule has 0 aliphatic carbocycles. The van der Waals surface area contributed by atoms with Crippen LogP contribution in [0.1, 0.15) is 29.4 Å². The van der Waals surface area contributed by atoms with Gasteiger partial charge in [-0.1, -0.05) is 11.6 Å². The minimum Gasteiger partial charge on any atom is -0.495 e. The van der Waals surface area contributed by atoms with Crippen molar-refractivity contribution in [3.63, 3.8) is 0 Å². The van der Waals surface area contributed by atoms with Crippen molar-refractivity contribution in [2.45, 2.75) is 19.8 Å². The van der Waals surface area contributed by atoms with Gasteiger partial charge in [-0.3, -0.25) is 14.4 Å². The molecule has 25 heavy (non-hydrogen) atoms. The Morgan fingerprint density at radius 1 is 1.12 bits per heavy atom. The summed E-state index contributed by atoms with van der Waals surface area (Å²) in [6, 6.07) is 8.19. The van der Waals surface area contributed by atoms with Crippen molar-refractivity contribution in [3.8, 4) is 5.75 Å². The molecule has 0 spiro atoms. The van der Waals surface area contributed by atoms with E-state index in [-0.39, 0.29) is 30.4 Å². The van der Waals surface area contributed by atoms with E-state index in [1.807, 2.05) is 0 Å². The maximum Gasteiger partial charge on any atom is 0.224 e. The predicted molar refractivity (Wildman–Crippen MR) is 98.8 cm³/mol. The zero-order valence-corrected chi connectivity index (χ0v) is 15.3. The van der Waals surface area contributed by atoms with Crippen LogP contribution in [0.3, 0.4) is 0 Å². The van der Waals surface area contributed by atoms with Crippen molar-refractivity contribution in [2.24, 2.45) is 0 Å². The number of nitrogens with one attached hydrogen (secondary N) is 2. The Kier molecular flexibility index (Phi) is 6.55. The maximum atomic E-state index is 12.0. The smallest absolute Gasteiger partial charge is 0.224 e. The first-order valence-corrected chi connectivity index (χ1v) is 8.62. The number of amides is 2. The first-order valence-electron chi connectivity index (χ1n) is 7.43. The number of Topliss-reactive ketones (excluding diaryl/α,β-unsaturated/α-hetero) is 1. The number of hydrogen-bond acceptors (Lipinski definition) is 5. The van der Waals surface area contributed by atoms with Gasteiger partial charge < -0.3 is 15.4 Å². The number of ketones is 1. The largest absolute Gasteiger partial charge is 0.495 e. The van der Waals surface area contributed by atoms with E-state index >= 15 is 0 Å². The molecule has 0 bridgehead atoms. The fraction of sp³-hybridized carbons (Fsp3) is 0.235. The topological polar surface area (TPSA) is 84.5 Å². The molecule has 0 aliphatic heterocycles. The van der Waals surface area contributed by atoms with Crippen molar-refractivity contribution in [2.75, 3.05) is 17.7 Å². The van der Waals surface area contributed by atoms with Gasteiger partial charge in [-0.25, -0.2) is 0 Å². The first kappa shape index (κ1) is 19.0. The van der Waals surface area contributed by atoms with Crippen molar-refractivity contribution >= 4 is 51.9 Å². The molecule has 0 saturated carbocycles. The second-order valence-corrected chi connectivity index (χ2v) is 6.89. The van der Waals surface area contributed by atoms with Gasteiger partial charge in [-0.05, 0) is 30.3 Å². The maximum absolute atomic E-state index is 12.0. The summed E-state index contributed by atoms with van der Waals surface area (Å²) in [5, 5.41) is 5.33. The number of carbonyl (C=O) groups excluding carboxylic acids is 3. The molecule has 132 valence electrons. The number of halogens is 1. The standard InChI is InChI=1S/C17H17ClN2O4S/c1-10(21)19-12-9-11(3-5-14(12)24-2)20-17(23)8-4-13(22)15-6-7-16(18)25-15/h3,5-7,9H,4,8H2,1-2H3,(H,19,21)(H,20,23). The van der Waals surface area contributed by atoms with E-state index in [9.17, 15) is 14.4 Å². The molecule has 2 rings (SSSR count). The average Bonchev–Trinajstić information content (AvgIpc) is 2.99. The first-order chi connectivity index (χ1) is 11.9. The van der Waals surface area contributed by atoms with Crippen molar-refractivity contribution in [1.29, 1.82) is 0 Å². The van der Waals surface area contributed by atoms with E-state index in [1.165, 1.54) is 25.4 Å². The molecule has 0 aliphatic rings. The fourth-order valence-corrected chi connectivity index (χ4v) is 3.12. The Labute approximate surface area is 154 Å². The molecular weight excluding hydrogens is 364 g/mol. The van der Waals surface area contributed by atoms with E-state index in [1.54, 1.807) is 30.3 Å². The van der Waals surface area contributed by atoms with Crippen LogP contribution in [0, 0.1) is 0 Å². The van der Waals surface area contributed by atoms with Crippen molar-refractivity contribution in [3.05, 3.63) is 39.5 Å². The predicted octanol–water partition coefficient (Wildman–Crippen LogP) is 3.97. The lowest BCUT2D eigenvalue weighted by atomic mass is 10.2. The molecule has 8 heteroatoms. The van der Waals surface area contributed by atoms with Gasteiger partial charge in [-0.2, -0.15) is 0 Å². The zero-order chi connectivity index (χ0) is 18.4. The third kappa shape index (κ3) is 5.58. The van der Waals surface area contributed by atoms with E-state index < -0.39 is 0 Å². The third-order valence-corrected chi connectivity index (χ3v) is 4.49. The van der Waals surface area contributed by atoms with Crippen LogP contribution in [0.2, 0.25) is 4.34 Å². The van der Waals surface area contributed by atoms with E-state index in [2.05, 4.69) is 10.6 Å². The molecule has 1 aromatic heterocycles. The van der Waals surface area contributed by atoms with Crippen LogP contribution in [0.15, 0.2) is 30.3 Å². The number of rotatable bonds is 7. The number of carbonyl (C=O) groups is 3. The number of benzene rings is 1. The minimum atomic E-state index is -0.296. The van der Waals surface area contributed by atoms with Gasteiger partial charge in [0.15, 0.2) is 5.78 Å². The molecule has 2 N–H and O–H groups in total. The highest BCUT2D eigenvalue weighted by molar-refractivity contribution is 7.18. The van der Waals surface area contributed by atoms with Crippen LogP contribution in [-0.4, -0.2) is 24.7 Å². The van der Waals surface area contributed by atoms with Crippen LogP contribution in [-0.2, 0) is 9.59 Å². The SMILES string of the molecule is COc1ccc(NC(=O)CCC(=O)c2ccc(Cl)s2)cc1NC(C)=O. The molecule has 1 heterocycles. The van der Waals surface area contributed by atoms with Gasteiger partial charge in [0.05, 0.1) is 22.0 Å². The quantitative estimate of drug-likeness (QED) is 0.712. The van der Waals surface area contributed by atoms with Gasteiger partial charge in [0.25, 0.3) is 0 Å². The molecule has 0 unspecified atom stereocenters. The second kappa shape index (κ2) is 8.64. The number of hydrogen-bond donors (Lipinski definition) is 2. The summed E-state index contributed by atoms with van der Waals surface area (Å²) >= 11 is 6.99. The summed E-state index contributed by atoms with van der Waals surface area (Å²) in [7, 11) is 1.49. The van der Waals surface area contributed by atoms with Crippen LogP contribution in [0.4, 0.5) is 11.4 Å². The molecule has 0 atom stereocenters. The number of anilines is 2. The lowest BCUT2D eigenvalue weighted by molar-refractivity contribution is -0.116. The molecular formula is C17H17ClN2O4S. The second-order valence-electron chi connectivity index (χ2n) is 5.17. The zero-order valence-electron chi connectivity index (χ0n) is 13.7. The summed E-state index contributed by atoms with van der Waals surface area (Å²) in [4.78, 5) is 35.8. The Morgan fingerprint density at radius 2 is 1.88 bits per heavy atom. The van der Waals surface area contributed by atoms with Crippen molar-refractivity contribution in [1.82, 2.24) is 0 Å². The average molecular weight is 381 g/mol. The Hall–Kier alpha value is -2.38. The van der Waals surface area contributed by atoms with Crippen LogP contribution in [0.25, 0.3) is 0 Å². The van der Waals surface area contributed by atoms with Crippen LogP contribution in [0.5, 0.6) is 5.75 Å². The van der Waals surface area contributed by atoms with E-state index in [0.717, 1.165) is 0 Å². The molecule has 6 nitrogen and oxygen atoms in total. The summed E-state index contributed by atoms with van der Waals surface area (Å²) in [5.74, 6) is -0.185. The number of ether oxygens (including phenoxy) is 1. The Balaban J connectivity index is 1.95. The van der Waals surface area contributed by atoms with E-state index in [4.69, 9.17) is 16.3 Å². The summed E-state index contributed by atoms with van der Waals surface area (Å²) in [6.07, 6.45) is 0.146.